The average Bonchev–Trinajstić information content (AvgIpc) is 2.30. The molecule has 0 amide bonds. The number of unbranched alkanes of at least 4 members (excludes halogenated alkanes) is 1. The Morgan fingerprint density at radius 1 is 1.33 bits per heavy atom. The number of carboxylic acid groups (broad SMARTS) is 1. The van der Waals surface area contributed by atoms with Gasteiger partial charge in [-0.1, -0.05) is 43.7 Å². The van der Waals surface area contributed by atoms with Crippen LogP contribution in [0.25, 0.3) is 5.57 Å². The van der Waals surface area contributed by atoms with Gasteiger partial charge in [-0.3, -0.25) is 4.79 Å². The number of hydrogen-bond acceptors (Lipinski definition) is 1. The van der Waals surface area contributed by atoms with Crippen LogP contribution in [0, 0.1) is 5.92 Å². The first-order valence-electron chi connectivity index (χ1n) is 6.18. The third-order valence-corrected chi connectivity index (χ3v) is 3.01. The van der Waals surface area contributed by atoms with Crippen molar-refractivity contribution in [3.8, 4) is 0 Å². The molecule has 0 unspecified atom stereocenters. The van der Waals surface area contributed by atoms with Gasteiger partial charge in [0.15, 0.2) is 0 Å². The third kappa shape index (κ3) is 4.92. The van der Waals surface area contributed by atoms with Gasteiger partial charge in [0.1, 0.15) is 0 Å². The SMILES string of the molecule is CC(C)/C(=C\CCCC(=O)O)c1ccc(Cl)cc1. The van der Waals surface area contributed by atoms with Gasteiger partial charge in [0, 0.05) is 11.4 Å². The molecule has 0 bridgehead atoms. The molecule has 0 aromatic heterocycles. The van der Waals surface area contributed by atoms with Gasteiger partial charge < -0.3 is 5.11 Å². The minimum Gasteiger partial charge on any atom is -0.481 e. The van der Waals surface area contributed by atoms with Crippen LogP contribution in [-0.2, 0) is 4.79 Å². The molecule has 1 N–H and O–H groups in total. The maximum absolute atomic E-state index is 10.4. The van der Waals surface area contributed by atoms with Crippen LogP contribution in [-0.4, -0.2) is 11.1 Å². The zero-order valence-electron chi connectivity index (χ0n) is 10.8. The van der Waals surface area contributed by atoms with Crippen LogP contribution in [0.5, 0.6) is 0 Å². The highest BCUT2D eigenvalue weighted by Gasteiger charge is 2.06. The minimum atomic E-state index is -0.735. The smallest absolute Gasteiger partial charge is 0.303 e. The van der Waals surface area contributed by atoms with Crippen molar-refractivity contribution in [2.75, 3.05) is 0 Å². The Labute approximate surface area is 113 Å². The summed E-state index contributed by atoms with van der Waals surface area (Å²) in [6.45, 7) is 4.27. The first-order chi connectivity index (χ1) is 8.50. The van der Waals surface area contributed by atoms with E-state index in [2.05, 4.69) is 19.9 Å². The zero-order chi connectivity index (χ0) is 13.5. The van der Waals surface area contributed by atoms with E-state index in [1.54, 1.807) is 0 Å². The fourth-order valence-electron chi connectivity index (χ4n) is 1.84. The molecule has 98 valence electrons. The lowest BCUT2D eigenvalue weighted by molar-refractivity contribution is -0.137. The molecule has 1 aromatic rings. The Morgan fingerprint density at radius 3 is 2.44 bits per heavy atom. The quantitative estimate of drug-likeness (QED) is 0.762. The first kappa shape index (κ1) is 14.8. The van der Waals surface area contributed by atoms with E-state index in [-0.39, 0.29) is 6.42 Å². The maximum atomic E-state index is 10.4. The van der Waals surface area contributed by atoms with Crippen molar-refractivity contribution < 1.29 is 9.90 Å². The molecule has 0 aliphatic heterocycles. The summed E-state index contributed by atoms with van der Waals surface area (Å²) < 4.78 is 0. The number of carboxylic acids is 1. The number of rotatable bonds is 6. The molecule has 18 heavy (non-hydrogen) atoms. The van der Waals surface area contributed by atoms with E-state index in [4.69, 9.17) is 16.7 Å². The average molecular weight is 267 g/mol. The van der Waals surface area contributed by atoms with Crippen molar-refractivity contribution in [1.82, 2.24) is 0 Å². The van der Waals surface area contributed by atoms with Gasteiger partial charge in [0.05, 0.1) is 0 Å². The Morgan fingerprint density at radius 2 is 1.94 bits per heavy atom. The van der Waals surface area contributed by atoms with E-state index >= 15 is 0 Å². The van der Waals surface area contributed by atoms with E-state index in [1.165, 1.54) is 5.57 Å². The third-order valence-electron chi connectivity index (χ3n) is 2.76. The molecule has 0 atom stereocenters. The predicted molar refractivity (Wildman–Crippen MR) is 75.8 cm³/mol. The van der Waals surface area contributed by atoms with Crippen LogP contribution in [0.15, 0.2) is 30.3 Å². The molecule has 0 aliphatic rings. The lowest BCUT2D eigenvalue weighted by atomic mass is 9.94. The van der Waals surface area contributed by atoms with Gasteiger partial charge in [-0.2, -0.15) is 0 Å². The van der Waals surface area contributed by atoms with Crippen molar-refractivity contribution in [3.63, 3.8) is 0 Å². The molecule has 1 aromatic carbocycles. The summed E-state index contributed by atoms with van der Waals surface area (Å²) in [7, 11) is 0. The van der Waals surface area contributed by atoms with Crippen molar-refractivity contribution >= 4 is 23.1 Å². The van der Waals surface area contributed by atoms with Gasteiger partial charge in [0.2, 0.25) is 0 Å². The topological polar surface area (TPSA) is 37.3 Å². The number of aliphatic carboxylic acids is 1. The fourth-order valence-corrected chi connectivity index (χ4v) is 1.97. The number of halogens is 1. The standard InChI is InChI=1S/C15H19ClO2/c1-11(2)14(5-3-4-6-15(17)18)12-7-9-13(16)10-8-12/h5,7-11H,3-4,6H2,1-2H3,(H,17,18)/b14-5+. The number of allylic oxidation sites excluding steroid dienone is 2. The van der Waals surface area contributed by atoms with Crippen molar-refractivity contribution in [2.45, 2.75) is 33.1 Å². The monoisotopic (exact) mass is 266 g/mol. The summed E-state index contributed by atoms with van der Waals surface area (Å²) in [4.78, 5) is 10.4. The van der Waals surface area contributed by atoms with Crippen LogP contribution in [0.1, 0.15) is 38.7 Å². The summed E-state index contributed by atoms with van der Waals surface area (Å²) >= 11 is 5.87. The summed E-state index contributed by atoms with van der Waals surface area (Å²) in [6, 6.07) is 7.77. The Kier molecular flexibility index (Phi) is 5.93. The van der Waals surface area contributed by atoms with Crippen LogP contribution >= 0.6 is 11.6 Å². The zero-order valence-corrected chi connectivity index (χ0v) is 11.6. The first-order valence-corrected chi connectivity index (χ1v) is 6.56. The molecular formula is C15H19ClO2. The van der Waals surface area contributed by atoms with Crippen molar-refractivity contribution in [2.24, 2.45) is 5.92 Å². The predicted octanol–water partition coefficient (Wildman–Crippen LogP) is 4.63. The molecule has 1 rings (SSSR count). The Bertz CT molecular complexity index is 419. The maximum Gasteiger partial charge on any atom is 0.303 e. The normalized spacial score (nSPS) is 11.9. The van der Waals surface area contributed by atoms with Gasteiger partial charge in [-0.25, -0.2) is 0 Å². The van der Waals surface area contributed by atoms with Crippen molar-refractivity contribution in [3.05, 3.63) is 40.9 Å². The molecule has 0 heterocycles. The summed E-state index contributed by atoms with van der Waals surface area (Å²) in [5.41, 5.74) is 2.40. The largest absolute Gasteiger partial charge is 0.481 e. The molecule has 0 radical (unpaired) electrons. The van der Waals surface area contributed by atoms with Gasteiger partial charge in [0.25, 0.3) is 0 Å². The molecular weight excluding hydrogens is 248 g/mol. The molecule has 3 heteroatoms. The Hall–Kier alpha value is -1.28. The van der Waals surface area contributed by atoms with E-state index in [0.717, 1.165) is 17.0 Å². The van der Waals surface area contributed by atoms with E-state index in [9.17, 15) is 4.79 Å². The molecule has 0 aliphatic carbocycles. The highest BCUT2D eigenvalue weighted by atomic mass is 35.5. The van der Waals surface area contributed by atoms with Crippen LogP contribution < -0.4 is 0 Å². The molecule has 0 spiro atoms. The number of hydrogen-bond donors (Lipinski definition) is 1. The second kappa shape index (κ2) is 7.22. The van der Waals surface area contributed by atoms with Gasteiger partial charge in [-0.15, -0.1) is 0 Å². The fraction of sp³-hybridized carbons (Fsp3) is 0.400. The second-order valence-corrected chi connectivity index (χ2v) is 5.04. The summed E-state index contributed by atoms with van der Waals surface area (Å²) in [6.07, 6.45) is 3.83. The Balaban J connectivity index is 2.73. The van der Waals surface area contributed by atoms with Gasteiger partial charge in [-0.05, 0) is 42.0 Å². The number of carbonyl (C=O) groups is 1. The lowest BCUT2D eigenvalue weighted by Gasteiger charge is -2.12. The van der Waals surface area contributed by atoms with Crippen LogP contribution in [0.4, 0.5) is 0 Å². The van der Waals surface area contributed by atoms with E-state index in [0.29, 0.717) is 12.3 Å². The van der Waals surface area contributed by atoms with Crippen LogP contribution in [0.2, 0.25) is 5.02 Å². The highest BCUT2D eigenvalue weighted by Crippen LogP contribution is 2.25. The van der Waals surface area contributed by atoms with Crippen molar-refractivity contribution in [1.29, 1.82) is 0 Å². The van der Waals surface area contributed by atoms with E-state index in [1.807, 2.05) is 24.3 Å². The highest BCUT2D eigenvalue weighted by molar-refractivity contribution is 6.30. The number of benzene rings is 1. The molecule has 0 fully saturated rings. The van der Waals surface area contributed by atoms with Gasteiger partial charge >= 0.3 is 5.97 Å². The minimum absolute atomic E-state index is 0.225. The summed E-state index contributed by atoms with van der Waals surface area (Å²) in [5.74, 6) is -0.322. The lowest BCUT2D eigenvalue weighted by Crippen LogP contribution is -1.96. The molecule has 0 saturated carbocycles. The summed E-state index contributed by atoms with van der Waals surface area (Å²) in [5, 5.41) is 9.33. The van der Waals surface area contributed by atoms with E-state index < -0.39 is 5.97 Å². The molecule has 0 saturated heterocycles. The molecule has 2 nitrogen and oxygen atoms in total. The van der Waals surface area contributed by atoms with Crippen LogP contribution in [0.3, 0.4) is 0 Å². The second-order valence-electron chi connectivity index (χ2n) is 4.61.